The van der Waals surface area contributed by atoms with E-state index in [1.54, 1.807) is 28.1 Å². The maximum absolute atomic E-state index is 13.0. The van der Waals surface area contributed by atoms with Gasteiger partial charge in [-0.3, -0.25) is 14.4 Å². The molecule has 2 saturated heterocycles. The second-order valence-electron chi connectivity index (χ2n) is 8.88. The summed E-state index contributed by atoms with van der Waals surface area (Å²) >= 11 is 1.66. The van der Waals surface area contributed by atoms with E-state index in [-0.39, 0.29) is 17.7 Å². The van der Waals surface area contributed by atoms with Crippen LogP contribution >= 0.6 is 11.3 Å². The average molecular weight is 443 g/mol. The largest absolute Gasteiger partial charge is 0.339 e. The van der Waals surface area contributed by atoms with E-state index >= 15 is 0 Å². The molecule has 2 aromatic rings. The molecule has 0 bridgehead atoms. The summed E-state index contributed by atoms with van der Waals surface area (Å²) in [5, 5.41) is 1.02. The number of hydrogen-bond donors (Lipinski definition) is 0. The average Bonchev–Trinajstić information content (AvgIpc) is 3.15. The number of hydrogen-bond acceptors (Lipinski definition) is 5. The third-order valence-electron chi connectivity index (χ3n) is 6.09. The van der Waals surface area contributed by atoms with Gasteiger partial charge in [0, 0.05) is 26.1 Å². The molecule has 2 atom stereocenters. The van der Waals surface area contributed by atoms with Crippen LogP contribution in [-0.4, -0.2) is 75.7 Å². The van der Waals surface area contributed by atoms with Gasteiger partial charge >= 0.3 is 0 Å². The van der Waals surface area contributed by atoms with Gasteiger partial charge in [-0.1, -0.05) is 26.0 Å². The van der Waals surface area contributed by atoms with Gasteiger partial charge < -0.3 is 14.7 Å². The zero-order valence-electron chi connectivity index (χ0n) is 18.4. The van der Waals surface area contributed by atoms with Gasteiger partial charge in [-0.25, -0.2) is 4.98 Å². The first-order valence-corrected chi connectivity index (χ1v) is 11.9. The molecule has 0 aliphatic carbocycles. The second-order valence-corrected chi connectivity index (χ2v) is 9.99. The molecule has 3 amide bonds. The number of benzene rings is 1. The van der Waals surface area contributed by atoms with E-state index < -0.39 is 12.1 Å². The zero-order chi connectivity index (χ0) is 22.1. The normalized spacial score (nSPS) is 21.9. The van der Waals surface area contributed by atoms with Gasteiger partial charge in [-0.15, -0.1) is 11.3 Å². The smallest absolute Gasteiger partial charge is 0.247 e. The van der Waals surface area contributed by atoms with E-state index in [0.29, 0.717) is 44.9 Å². The van der Waals surface area contributed by atoms with Crippen molar-refractivity contribution in [3.05, 3.63) is 29.3 Å². The maximum atomic E-state index is 13.0. The molecule has 1 aromatic carbocycles. The van der Waals surface area contributed by atoms with E-state index in [2.05, 4.69) is 24.9 Å². The van der Waals surface area contributed by atoms with Crippen LogP contribution in [-0.2, 0) is 20.8 Å². The first-order valence-electron chi connectivity index (χ1n) is 11.1. The Hall–Kier alpha value is -2.48. The number of aromatic nitrogens is 1. The van der Waals surface area contributed by atoms with Crippen LogP contribution in [0.15, 0.2) is 24.3 Å². The van der Waals surface area contributed by atoms with Gasteiger partial charge in [0.15, 0.2) is 0 Å². The third-order valence-corrected chi connectivity index (χ3v) is 7.18. The van der Waals surface area contributed by atoms with Gasteiger partial charge in [0.1, 0.15) is 12.1 Å². The van der Waals surface area contributed by atoms with Crippen molar-refractivity contribution in [1.29, 1.82) is 0 Å². The summed E-state index contributed by atoms with van der Waals surface area (Å²) in [6.07, 6.45) is 1.76. The number of carbonyl (C=O) groups excluding carboxylic acids is 3. The Morgan fingerprint density at radius 2 is 1.97 bits per heavy atom. The lowest BCUT2D eigenvalue weighted by Gasteiger charge is -2.48. The van der Waals surface area contributed by atoms with E-state index in [0.717, 1.165) is 21.6 Å². The van der Waals surface area contributed by atoms with Crippen LogP contribution in [0.5, 0.6) is 0 Å². The van der Waals surface area contributed by atoms with Crippen LogP contribution in [0.3, 0.4) is 0 Å². The number of rotatable bonds is 6. The first-order chi connectivity index (χ1) is 14.8. The van der Waals surface area contributed by atoms with Crippen molar-refractivity contribution in [2.75, 3.05) is 26.2 Å². The Kier molecular flexibility index (Phi) is 6.27. The van der Waals surface area contributed by atoms with Crippen molar-refractivity contribution in [3.8, 4) is 0 Å². The van der Waals surface area contributed by atoms with E-state index in [1.165, 1.54) is 0 Å². The molecule has 0 N–H and O–H groups in total. The molecular weight excluding hydrogens is 412 g/mol. The molecule has 0 unspecified atom stereocenters. The zero-order valence-corrected chi connectivity index (χ0v) is 19.2. The van der Waals surface area contributed by atoms with Gasteiger partial charge in [-0.2, -0.15) is 0 Å². The van der Waals surface area contributed by atoms with Crippen LogP contribution < -0.4 is 0 Å². The minimum Gasteiger partial charge on any atom is -0.339 e. The fourth-order valence-corrected chi connectivity index (χ4v) is 5.51. The number of carbonyl (C=O) groups is 3. The number of aryl methyl sites for hydroxylation is 1. The molecule has 1 aromatic heterocycles. The SMILES string of the molecule is CC(C)CN1CCN2C(=O)[C@H](C)N(C(=O)CCCc3nc4ccccc4s3)C[C@H]2C1=O. The Balaban J connectivity index is 1.38. The molecule has 2 aliphatic heterocycles. The highest BCUT2D eigenvalue weighted by atomic mass is 32.1. The van der Waals surface area contributed by atoms with Gasteiger partial charge in [-0.05, 0) is 37.8 Å². The van der Waals surface area contributed by atoms with Crippen LogP contribution in [0.4, 0.5) is 0 Å². The number of fused-ring (bicyclic) bond motifs is 2. The molecule has 31 heavy (non-hydrogen) atoms. The molecular formula is C23H30N4O3S. The van der Waals surface area contributed by atoms with E-state index in [4.69, 9.17) is 0 Å². The molecule has 0 spiro atoms. The highest BCUT2D eigenvalue weighted by Gasteiger charge is 2.46. The second kappa shape index (κ2) is 8.94. The Morgan fingerprint density at radius 1 is 1.19 bits per heavy atom. The molecule has 4 rings (SSSR count). The first kappa shape index (κ1) is 21.7. The minimum atomic E-state index is -0.551. The number of nitrogens with zero attached hydrogens (tertiary/aromatic N) is 4. The molecule has 7 nitrogen and oxygen atoms in total. The fraction of sp³-hybridized carbons (Fsp3) is 0.565. The summed E-state index contributed by atoms with van der Waals surface area (Å²) in [5.41, 5.74) is 0.992. The van der Waals surface area contributed by atoms with Crippen molar-refractivity contribution in [2.45, 2.75) is 52.1 Å². The Morgan fingerprint density at radius 3 is 2.71 bits per heavy atom. The topological polar surface area (TPSA) is 73.8 Å². The number of thiazole rings is 1. The van der Waals surface area contributed by atoms with Crippen LogP contribution in [0.1, 0.15) is 38.6 Å². The van der Waals surface area contributed by atoms with E-state index in [9.17, 15) is 14.4 Å². The number of amides is 3. The lowest BCUT2D eigenvalue weighted by Crippen LogP contribution is -2.70. The molecule has 2 fully saturated rings. The molecule has 3 heterocycles. The fourth-order valence-electron chi connectivity index (χ4n) is 4.50. The lowest BCUT2D eigenvalue weighted by atomic mass is 10.0. The van der Waals surface area contributed by atoms with Crippen molar-refractivity contribution < 1.29 is 14.4 Å². The van der Waals surface area contributed by atoms with Crippen molar-refractivity contribution in [3.63, 3.8) is 0 Å². The third kappa shape index (κ3) is 4.44. The van der Waals surface area contributed by atoms with Crippen molar-refractivity contribution in [2.24, 2.45) is 5.92 Å². The summed E-state index contributed by atoms with van der Waals surface area (Å²) in [6, 6.07) is 6.96. The van der Waals surface area contributed by atoms with Gasteiger partial charge in [0.2, 0.25) is 17.7 Å². The predicted molar refractivity (Wildman–Crippen MR) is 121 cm³/mol. The summed E-state index contributed by atoms with van der Waals surface area (Å²) in [6.45, 7) is 8.02. The quantitative estimate of drug-likeness (QED) is 0.689. The predicted octanol–water partition coefficient (Wildman–Crippen LogP) is 2.55. The molecule has 8 heteroatoms. The highest BCUT2D eigenvalue weighted by molar-refractivity contribution is 7.18. The van der Waals surface area contributed by atoms with E-state index in [1.807, 2.05) is 23.1 Å². The summed E-state index contributed by atoms with van der Waals surface area (Å²) in [4.78, 5) is 48.6. The van der Waals surface area contributed by atoms with Gasteiger partial charge in [0.05, 0.1) is 21.8 Å². The monoisotopic (exact) mass is 442 g/mol. The van der Waals surface area contributed by atoms with Crippen LogP contribution in [0.2, 0.25) is 0 Å². The summed E-state index contributed by atoms with van der Waals surface area (Å²) < 4.78 is 1.15. The van der Waals surface area contributed by atoms with Crippen molar-refractivity contribution in [1.82, 2.24) is 19.7 Å². The standard InChI is InChI=1S/C23H30N4O3S/c1-15(2)13-25-11-12-26-18(23(25)30)14-27(16(3)22(26)29)21(28)10-6-9-20-24-17-7-4-5-8-19(17)31-20/h4-5,7-8,15-16,18H,6,9-14H2,1-3H3/t16-,18-/m0/s1. The lowest BCUT2D eigenvalue weighted by molar-refractivity contribution is -0.165. The molecule has 2 aliphatic rings. The molecule has 0 radical (unpaired) electrons. The van der Waals surface area contributed by atoms with Gasteiger partial charge in [0.25, 0.3) is 0 Å². The molecule has 166 valence electrons. The highest BCUT2D eigenvalue weighted by Crippen LogP contribution is 2.25. The Bertz CT molecular complexity index is 955. The Labute approximate surface area is 187 Å². The van der Waals surface area contributed by atoms with Crippen LogP contribution in [0.25, 0.3) is 10.2 Å². The summed E-state index contributed by atoms with van der Waals surface area (Å²) in [5.74, 6) is 0.158. The van der Waals surface area contributed by atoms with Crippen LogP contribution in [0, 0.1) is 5.92 Å². The number of para-hydroxylation sites is 1. The minimum absolute atomic E-state index is 0.0347. The van der Waals surface area contributed by atoms with Crippen molar-refractivity contribution >= 4 is 39.3 Å². The summed E-state index contributed by atoms with van der Waals surface area (Å²) in [7, 11) is 0. The number of piperazine rings is 2. The maximum Gasteiger partial charge on any atom is 0.247 e. The molecule has 0 saturated carbocycles.